The molecule has 1 aliphatic rings. The highest BCUT2D eigenvalue weighted by Crippen LogP contribution is 2.37. The molecule has 1 aromatic heterocycles. The van der Waals surface area contributed by atoms with Gasteiger partial charge in [0.25, 0.3) is 0 Å². The number of carbonyl (C=O) groups is 1. The molecule has 1 aliphatic heterocycles. The summed E-state index contributed by atoms with van der Waals surface area (Å²) in [5.41, 5.74) is 2.08. The van der Waals surface area contributed by atoms with Gasteiger partial charge in [0.15, 0.2) is 0 Å². The van der Waals surface area contributed by atoms with Crippen molar-refractivity contribution in [3.05, 3.63) is 56.7 Å². The molecule has 28 heavy (non-hydrogen) atoms. The number of carbonyl (C=O) groups excluding carboxylic acids is 1. The van der Waals surface area contributed by atoms with Crippen LogP contribution in [0.1, 0.15) is 61.6 Å². The molecule has 0 N–H and O–H groups in total. The molecule has 0 spiro atoms. The standard InChI is InChI=1S/C22H27Cl2NO2S/c1-22(2,21(26)27-24)12-6-5-9-19(17-7-3-4-8-18(17)23)25-13-10-20-16(15-25)11-14-28-20/h3-4,7-8,11,14,19H,5-6,9-10,12-13,15H2,1-2H3. The first kappa shape index (κ1) is 21.6. The Bertz CT molecular complexity index is 805. The fraction of sp³-hybridized carbons (Fsp3) is 0.500. The van der Waals surface area contributed by atoms with Crippen LogP contribution in [-0.2, 0) is 22.0 Å². The van der Waals surface area contributed by atoms with E-state index in [0.717, 1.165) is 50.2 Å². The zero-order chi connectivity index (χ0) is 20.1. The maximum absolute atomic E-state index is 11.8. The quantitative estimate of drug-likeness (QED) is 0.424. The Morgan fingerprint density at radius 2 is 2.07 bits per heavy atom. The third kappa shape index (κ3) is 5.10. The van der Waals surface area contributed by atoms with Crippen molar-refractivity contribution in [2.45, 2.75) is 58.5 Å². The van der Waals surface area contributed by atoms with E-state index in [1.54, 1.807) is 0 Å². The van der Waals surface area contributed by atoms with E-state index in [2.05, 4.69) is 32.8 Å². The van der Waals surface area contributed by atoms with Crippen LogP contribution in [0.15, 0.2) is 35.7 Å². The van der Waals surface area contributed by atoms with Crippen LogP contribution < -0.4 is 0 Å². The summed E-state index contributed by atoms with van der Waals surface area (Å²) in [6.45, 7) is 5.78. The average Bonchev–Trinajstić information content (AvgIpc) is 3.16. The highest BCUT2D eigenvalue weighted by molar-refractivity contribution is 7.10. The molecule has 0 aliphatic carbocycles. The van der Waals surface area contributed by atoms with Crippen LogP contribution in [0.3, 0.4) is 0 Å². The summed E-state index contributed by atoms with van der Waals surface area (Å²) in [5, 5.41) is 3.02. The molecule has 0 amide bonds. The van der Waals surface area contributed by atoms with Crippen LogP contribution in [-0.4, -0.2) is 17.4 Å². The predicted octanol–water partition coefficient (Wildman–Crippen LogP) is 6.78. The van der Waals surface area contributed by atoms with Crippen molar-refractivity contribution in [2.75, 3.05) is 6.54 Å². The lowest BCUT2D eigenvalue weighted by Gasteiger charge is -2.35. The number of fused-ring (bicyclic) bond motifs is 1. The van der Waals surface area contributed by atoms with E-state index in [1.807, 2.05) is 37.3 Å². The minimum atomic E-state index is -0.557. The van der Waals surface area contributed by atoms with Crippen molar-refractivity contribution >= 4 is 40.8 Å². The monoisotopic (exact) mass is 439 g/mol. The van der Waals surface area contributed by atoms with Crippen LogP contribution >= 0.6 is 34.8 Å². The van der Waals surface area contributed by atoms with Crippen LogP contribution in [0.4, 0.5) is 0 Å². The van der Waals surface area contributed by atoms with Gasteiger partial charge in [-0.15, -0.1) is 11.3 Å². The van der Waals surface area contributed by atoms with Gasteiger partial charge < -0.3 is 4.29 Å². The van der Waals surface area contributed by atoms with Gasteiger partial charge in [0.05, 0.1) is 5.41 Å². The van der Waals surface area contributed by atoms with Gasteiger partial charge in [0.2, 0.25) is 0 Å². The van der Waals surface area contributed by atoms with E-state index in [1.165, 1.54) is 16.0 Å². The predicted molar refractivity (Wildman–Crippen MR) is 117 cm³/mol. The Morgan fingerprint density at radius 3 is 2.82 bits per heavy atom. The van der Waals surface area contributed by atoms with Gasteiger partial charge in [-0.2, -0.15) is 0 Å². The molecular weight excluding hydrogens is 413 g/mol. The third-order valence-electron chi connectivity index (χ3n) is 5.69. The van der Waals surface area contributed by atoms with Crippen LogP contribution in [0, 0.1) is 5.41 Å². The Kier molecular flexibility index (Phi) is 7.43. The van der Waals surface area contributed by atoms with E-state index in [-0.39, 0.29) is 12.0 Å². The number of hydrogen-bond donors (Lipinski definition) is 0. The molecular formula is C22H27Cl2NO2S. The molecule has 6 heteroatoms. The Hall–Kier alpha value is -1.07. The second kappa shape index (κ2) is 9.62. The summed E-state index contributed by atoms with van der Waals surface area (Å²) in [4.78, 5) is 15.8. The molecule has 0 saturated heterocycles. The minimum Gasteiger partial charge on any atom is -0.347 e. The Morgan fingerprint density at radius 1 is 1.29 bits per heavy atom. The van der Waals surface area contributed by atoms with E-state index in [9.17, 15) is 4.79 Å². The molecule has 152 valence electrons. The van der Waals surface area contributed by atoms with Gasteiger partial charge in [-0.25, -0.2) is 4.79 Å². The lowest BCUT2D eigenvalue weighted by atomic mass is 9.86. The molecule has 2 aromatic rings. The first-order valence-electron chi connectivity index (χ1n) is 9.79. The van der Waals surface area contributed by atoms with Gasteiger partial charge in [0, 0.05) is 29.0 Å². The number of thiophene rings is 1. The van der Waals surface area contributed by atoms with Gasteiger partial charge in [0.1, 0.15) is 11.9 Å². The Balaban J connectivity index is 1.68. The van der Waals surface area contributed by atoms with Crippen molar-refractivity contribution in [1.29, 1.82) is 0 Å². The fourth-order valence-electron chi connectivity index (χ4n) is 3.93. The van der Waals surface area contributed by atoms with Crippen molar-refractivity contribution < 1.29 is 9.08 Å². The van der Waals surface area contributed by atoms with Crippen LogP contribution in [0.25, 0.3) is 0 Å². The SMILES string of the molecule is CC(C)(CCCCC(c1ccccc1Cl)N1CCc2sccc2C1)C(=O)OCl. The molecule has 1 atom stereocenters. The van der Waals surface area contributed by atoms with Gasteiger partial charge in [-0.05, 0) is 61.7 Å². The normalized spacial score (nSPS) is 15.9. The number of halogens is 2. The number of unbranched alkanes of at least 4 members (excludes halogenated alkanes) is 1. The van der Waals surface area contributed by atoms with Crippen LogP contribution in [0.2, 0.25) is 5.02 Å². The fourth-order valence-corrected chi connectivity index (χ4v) is 5.29. The lowest BCUT2D eigenvalue weighted by molar-refractivity contribution is -0.143. The van der Waals surface area contributed by atoms with Gasteiger partial charge >= 0.3 is 5.97 Å². The summed E-state index contributed by atoms with van der Waals surface area (Å²) in [7, 11) is 0. The van der Waals surface area contributed by atoms with Gasteiger partial charge in [-0.3, -0.25) is 4.90 Å². The third-order valence-corrected chi connectivity index (χ3v) is 7.20. The van der Waals surface area contributed by atoms with Gasteiger partial charge in [-0.1, -0.05) is 42.6 Å². The smallest absolute Gasteiger partial charge is 0.330 e. The first-order chi connectivity index (χ1) is 13.4. The summed E-state index contributed by atoms with van der Waals surface area (Å²) in [5.74, 6) is -0.363. The number of benzene rings is 1. The van der Waals surface area contributed by atoms with E-state index >= 15 is 0 Å². The maximum Gasteiger partial charge on any atom is 0.330 e. The lowest BCUT2D eigenvalue weighted by Crippen LogP contribution is -2.33. The summed E-state index contributed by atoms with van der Waals surface area (Å²) in [6, 6.07) is 10.7. The largest absolute Gasteiger partial charge is 0.347 e. The Labute approximate surface area is 181 Å². The summed E-state index contributed by atoms with van der Waals surface area (Å²) < 4.78 is 4.41. The average molecular weight is 440 g/mol. The van der Waals surface area contributed by atoms with E-state index < -0.39 is 5.41 Å². The summed E-state index contributed by atoms with van der Waals surface area (Å²) in [6.07, 6.45) is 4.82. The molecule has 1 aromatic carbocycles. The molecule has 0 bridgehead atoms. The molecule has 3 rings (SSSR count). The number of nitrogens with zero attached hydrogens (tertiary/aromatic N) is 1. The van der Waals surface area contributed by atoms with E-state index in [4.69, 9.17) is 23.5 Å². The molecule has 0 radical (unpaired) electrons. The van der Waals surface area contributed by atoms with Crippen molar-refractivity contribution in [3.8, 4) is 0 Å². The number of rotatable bonds is 8. The second-order valence-electron chi connectivity index (χ2n) is 8.12. The second-order valence-corrected chi connectivity index (χ2v) is 9.68. The van der Waals surface area contributed by atoms with Crippen molar-refractivity contribution in [1.82, 2.24) is 4.90 Å². The highest BCUT2D eigenvalue weighted by Gasteiger charge is 2.30. The molecule has 3 nitrogen and oxygen atoms in total. The molecule has 0 saturated carbocycles. The zero-order valence-electron chi connectivity index (χ0n) is 16.4. The topological polar surface area (TPSA) is 29.5 Å². The zero-order valence-corrected chi connectivity index (χ0v) is 18.7. The number of hydrogen-bond acceptors (Lipinski definition) is 4. The molecule has 0 fully saturated rings. The van der Waals surface area contributed by atoms with Crippen LogP contribution in [0.5, 0.6) is 0 Å². The minimum absolute atomic E-state index is 0.282. The maximum atomic E-state index is 11.8. The highest BCUT2D eigenvalue weighted by atomic mass is 35.5. The molecule has 2 heterocycles. The molecule has 1 unspecified atom stereocenters. The van der Waals surface area contributed by atoms with Crippen molar-refractivity contribution in [2.24, 2.45) is 5.41 Å². The van der Waals surface area contributed by atoms with E-state index in [0.29, 0.717) is 0 Å². The summed E-state index contributed by atoms with van der Waals surface area (Å²) >= 11 is 13.7. The van der Waals surface area contributed by atoms with Crippen molar-refractivity contribution in [3.63, 3.8) is 0 Å². The first-order valence-corrected chi connectivity index (χ1v) is 11.4.